The molecule has 0 saturated carbocycles. The zero-order valence-electron chi connectivity index (χ0n) is 12.4. The molecule has 7 nitrogen and oxygen atoms in total. The maximum atomic E-state index is 5.66. The van der Waals surface area contributed by atoms with Gasteiger partial charge < -0.3 is 9.72 Å². The van der Waals surface area contributed by atoms with Gasteiger partial charge in [0.05, 0.1) is 36.8 Å². The standard InChI is InChI=1S/C15H16N6OS/c1-3-16-4-2-11(1)13-7-17-15(18-13)14-9-22-6-5-21(14)8-12-10-23-20-19-12/h1-4,7,10,14H,5-6,8-9H2,(H,17,18)/t14-/m0/s1. The first-order valence-corrected chi connectivity index (χ1v) is 8.27. The molecule has 0 radical (unpaired) electrons. The Morgan fingerprint density at radius 3 is 3.09 bits per heavy atom. The van der Waals surface area contributed by atoms with Crippen LogP contribution in [0, 0.1) is 0 Å². The number of aromatic nitrogens is 5. The van der Waals surface area contributed by atoms with Crippen LogP contribution < -0.4 is 0 Å². The zero-order chi connectivity index (χ0) is 15.5. The number of nitrogens with zero attached hydrogens (tertiary/aromatic N) is 5. The van der Waals surface area contributed by atoms with Crippen LogP contribution >= 0.6 is 11.5 Å². The van der Waals surface area contributed by atoms with Gasteiger partial charge in [0.15, 0.2) is 0 Å². The van der Waals surface area contributed by atoms with E-state index in [-0.39, 0.29) is 6.04 Å². The highest BCUT2D eigenvalue weighted by Gasteiger charge is 2.27. The van der Waals surface area contributed by atoms with Crippen LogP contribution in [0.1, 0.15) is 17.6 Å². The summed E-state index contributed by atoms with van der Waals surface area (Å²) >= 11 is 1.38. The van der Waals surface area contributed by atoms with Gasteiger partial charge in [-0.2, -0.15) is 0 Å². The summed E-state index contributed by atoms with van der Waals surface area (Å²) in [6, 6.07) is 4.03. The van der Waals surface area contributed by atoms with Crippen molar-refractivity contribution in [1.82, 2.24) is 29.4 Å². The molecule has 4 rings (SSSR count). The molecular weight excluding hydrogens is 312 g/mol. The summed E-state index contributed by atoms with van der Waals surface area (Å²) in [5, 5.41) is 6.12. The zero-order valence-corrected chi connectivity index (χ0v) is 13.2. The largest absolute Gasteiger partial charge is 0.378 e. The van der Waals surface area contributed by atoms with Crippen molar-refractivity contribution in [3.8, 4) is 11.3 Å². The van der Waals surface area contributed by atoms with Crippen molar-refractivity contribution in [3.05, 3.63) is 47.6 Å². The van der Waals surface area contributed by atoms with E-state index >= 15 is 0 Å². The second-order valence-corrected chi connectivity index (χ2v) is 5.99. The van der Waals surface area contributed by atoms with Crippen LogP contribution in [0.2, 0.25) is 0 Å². The first kappa shape index (κ1) is 14.4. The van der Waals surface area contributed by atoms with E-state index in [2.05, 4.69) is 29.4 Å². The van der Waals surface area contributed by atoms with E-state index in [9.17, 15) is 0 Å². The summed E-state index contributed by atoms with van der Waals surface area (Å²) in [5.41, 5.74) is 3.05. The van der Waals surface area contributed by atoms with Crippen LogP contribution in [0.4, 0.5) is 0 Å². The average molecular weight is 328 g/mol. The number of imidazole rings is 1. The Bertz CT molecular complexity index is 744. The first-order valence-electron chi connectivity index (χ1n) is 7.43. The van der Waals surface area contributed by atoms with Crippen LogP contribution in [-0.4, -0.2) is 49.2 Å². The third-order valence-electron chi connectivity index (χ3n) is 3.91. The van der Waals surface area contributed by atoms with Gasteiger partial charge in [0.1, 0.15) is 5.82 Å². The predicted octanol–water partition coefficient (Wildman–Crippen LogP) is 1.90. The van der Waals surface area contributed by atoms with Gasteiger partial charge in [0, 0.05) is 36.4 Å². The van der Waals surface area contributed by atoms with Gasteiger partial charge in [-0.1, -0.05) is 4.49 Å². The van der Waals surface area contributed by atoms with Crippen molar-refractivity contribution in [2.75, 3.05) is 19.8 Å². The molecule has 8 heteroatoms. The van der Waals surface area contributed by atoms with Crippen molar-refractivity contribution in [2.45, 2.75) is 12.6 Å². The molecule has 0 aliphatic carbocycles. The summed E-state index contributed by atoms with van der Waals surface area (Å²) in [7, 11) is 0. The number of pyridine rings is 1. The van der Waals surface area contributed by atoms with Crippen LogP contribution in [0.5, 0.6) is 0 Å². The summed E-state index contributed by atoms with van der Waals surface area (Å²) in [5.74, 6) is 0.916. The monoisotopic (exact) mass is 328 g/mol. The molecule has 3 aromatic rings. The van der Waals surface area contributed by atoms with E-state index < -0.39 is 0 Å². The molecule has 0 amide bonds. The van der Waals surface area contributed by atoms with Crippen LogP contribution in [0.15, 0.2) is 36.1 Å². The van der Waals surface area contributed by atoms with Crippen molar-refractivity contribution in [3.63, 3.8) is 0 Å². The van der Waals surface area contributed by atoms with Crippen LogP contribution in [0.25, 0.3) is 11.3 Å². The minimum absolute atomic E-state index is 0.0982. The Kier molecular flexibility index (Phi) is 4.10. The number of nitrogens with one attached hydrogen (secondary N) is 1. The average Bonchev–Trinajstić information content (AvgIpc) is 3.28. The molecule has 0 bridgehead atoms. The molecule has 1 aliphatic rings. The fourth-order valence-corrected chi connectivity index (χ4v) is 3.17. The van der Waals surface area contributed by atoms with Gasteiger partial charge in [-0.25, -0.2) is 4.98 Å². The van der Waals surface area contributed by atoms with E-state index in [1.54, 1.807) is 12.4 Å². The van der Waals surface area contributed by atoms with Crippen LogP contribution in [0.3, 0.4) is 0 Å². The number of hydrogen-bond acceptors (Lipinski definition) is 7. The number of hydrogen-bond donors (Lipinski definition) is 1. The molecule has 1 atom stereocenters. The fraction of sp³-hybridized carbons (Fsp3) is 0.333. The molecule has 0 unspecified atom stereocenters. The van der Waals surface area contributed by atoms with Gasteiger partial charge in [-0.05, 0) is 23.7 Å². The fourth-order valence-electron chi connectivity index (χ4n) is 2.72. The number of ether oxygens (including phenoxy) is 1. The predicted molar refractivity (Wildman–Crippen MR) is 85.7 cm³/mol. The highest BCUT2D eigenvalue weighted by atomic mass is 32.1. The molecule has 118 valence electrons. The van der Waals surface area contributed by atoms with Crippen LogP contribution in [-0.2, 0) is 11.3 Å². The van der Waals surface area contributed by atoms with Crippen molar-refractivity contribution >= 4 is 11.5 Å². The molecule has 1 aliphatic heterocycles. The van der Waals surface area contributed by atoms with E-state index in [0.29, 0.717) is 6.61 Å². The van der Waals surface area contributed by atoms with E-state index in [0.717, 1.165) is 42.5 Å². The molecule has 0 spiro atoms. The van der Waals surface area contributed by atoms with Gasteiger partial charge in [-0.3, -0.25) is 9.88 Å². The number of aromatic amines is 1. The minimum Gasteiger partial charge on any atom is -0.378 e. The van der Waals surface area contributed by atoms with E-state index in [1.165, 1.54) is 11.5 Å². The number of rotatable bonds is 4. The molecule has 1 N–H and O–H groups in total. The van der Waals surface area contributed by atoms with Gasteiger partial charge in [0.2, 0.25) is 0 Å². The Labute approximate surface area is 137 Å². The van der Waals surface area contributed by atoms with Gasteiger partial charge in [0.25, 0.3) is 0 Å². The maximum absolute atomic E-state index is 5.66. The van der Waals surface area contributed by atoms with Crippen molar-refractivity contribution in [1.29, 1.82) is 0 Å². The molecule has 3 aromatic heterocycles. The Balaban J connectivity index is 1.56. The number of H-pyrrole nitrogens is 1. The summed E-state index contributed by atoms with van der Waals surface area (Å²) in [6.45, 7) is 2.97. The highest BCUT2D eigenvalue weighted by molar-refractivity contribution is 7.03. The second-order valence-electron chi connectivity index (χ2n) is 5.38. The van der Waals surface area contributed by atoms with E-state index in [4.69, 9.17) is 4.74 Å². The lowest BCUT2D eigenvalue weighted by Gasteiger charge is -2.33. The lowest BCUT2D eigenvalue weighted by Crippen LogP contribution is -2.39. The third-order valence-corrected chi connectivity index (χ3v) is 4.47. The Hall–Kier alpha value is -2.16. The molecule has 23 heavy (non-hydrogen) atoms. The number of morpholine rings is 1. The Morgan fingerprint density at radius 2 is 2.26 bits per heavy atom. The van der Waals surface area contributed by atoms with Gasteiger partial charge in [-0.15, -0.1) is 5.10 Å². The summed E-state index contributed by atoms with van der Waals surface area (Å²) < 4.78 is 9.59. The quantitative estimate of drug-likeness (QED) is 0.788. The Morgan fingerprint density at radius 1 is 1.35 bits per heavy atom. The molecule has 4 heterocycles. The molecule has 1 saturated heterocycles. The highest BCUT2D eigenvalue weighted by Crippen LogP contribution is 2.26. The summed E-state index contributed by atoms with van der Waals surface area (Å²) in [4.78, 5) is 14.4. The topological polar surface area (TPSA) is 79.8 Å². The van der Waals surface area contributed by atoms with Crippen molar-refractivity contribution < 1.29 is 4.74 Å². The lowest BCUT2D eigenvalue weighted by atomic mass is 10.2. The SMILES string of the molecule is c1cc(-c2cnc([C@@H]3COCCN3Cc3csnn3)[nH]2)ccn1. The third kappa shape index (κ3) is 3.14. The van der Waals surface area contributed by atoms with Gasteiger partial charge >= 0.3 is 0 Å². The molecular formula is C15H16N6OS. The van der Waals surface area contributed by atoms with Crippen molar-refractivity contribution in [2.24, 2.45) is 0 Å². The summed E-state index contributed by atoms with van der Waals surface area (Å²) in [6.07, 6.45) is 5.42. The molecule has 0 aromatic carbocycles. The minimum atomic E-state index is 0.0982. The lowest BCUT2D eigenvalue weighted by molar-refractivity contribution is -0.0161. The van der Waals surface area contributed by atoms with E-state index in [1.807, 2.05) is 23.7 Å². The second kappa shape index (κ2) is 6.53. The normalized spacial score (nSPS) is 19.0. The first-order chi connectivity index (χ1) is 11.4. The maximum Gasteiger partial charge on any atom is 0.126 e. The molecule has 1 fully saturated rings. The smallest absolute Gasteiger partial charge is 0.126 e.